The fourth-order valence-electron chi connectivity index (χ4n) is 2.13. The lowest BCUT2D eigenvalue weighted by molar-refractivity contribution is -0.139. The van der Waals surface area contributed by atoms with Crippen LogP contribution in [-0.4, -0.2) is 49.8 Å². The van der Waals surface area contributed by atoms with Crippen LogP contribution in [0, 0.1) is 12.8 Å². The zero-order valence-corrected chi connectivity index (χ0v) is 14.0. The third kappa shape index (κ3) is 3.91. The first-order valence-electron chi connectivity index (χ1n) is 7.19. The summed E-state index contributed by atoms with van der Waals surface area (Å²) in [6, 6.07) is 0.133. The maximum atomic E-state index is 12.2. The number of carboxylic acid groups (broad SMARTS) is 1. The molecule has 0 saturated heterocycles. The van der Waals surface area contributed by atoms with Crippen LogP contribution in [0.2, 0.25) is 0 Å². The van der Waals surface area contributed by atoms with E-state index in [1.54, 1.807) is 0 Å². The zero-order valence-electron chi connectivity index (χ0n) is 13.2. The minimum atomic E-state index is -3.80. The Morgan fingerprint density at radius 3 is 2.52 bits per heavy atom. The smallest absolute Gasteiger partial charge is 0.326 e. The molecule has 1 aromatic heterocycles. The number of amides is 1. The van der Waals surface area contributed by atoms with Crippen molar-refractivity contribution in [1.29, 1.82) is 0 Å². The van der Waals surface area contributed by atoms with Gasteiger partial charge in [-0.1, -0.05) is 12.8 Å². The first-order valence-corrected chi connectivity index (χ1v) is 8.63. The first kappa shape index (κ1) is 17.5. The molecule has 1 heterocycles. The molecule has 1 fully saturated rings. The number of nitrogens with one attached hydrogen (secondary N) is 1. The Bertz CT molecular complexity index is 718. The van der Waals surface area contributed by atoms with Gasteiger partial charge in [-0.25, -0.2) is 17.5 Å². The van der Waals surface area contributed by atoms with Gasteiger partial charge in [0.15, 0.2) is 0 Å². The maximum Gasteiger partial charge on any atom is 0.326 e. The Morgan fingerprint density at radius 2 is 2.04 bits per heavy atom. The van der Waals surface area contributed by atoms with Gasteiger partial charge in [0.25, 0.3) is 15.9 Å². The minimum Gasteiger partial charge on any atom is -0.480 e. The van der Waals surface area contributed by atoms with E-state index in [-0.39, 0.29) is 16.4 Å². The van der Waals surface area contributed by atoms with E-state index in [0.717, 1.165) is 23.2 Å². The van der Waals surface area contributed by atoms with E-state index >= 15 is 0 Å². The summed E-state index contributed by atoms with van der Waals surface area (Å²) >= 11 is 0. The molecular formula is C14H20N2O6S. The van der Waals surface area contributed by atoms with E-state index in [1.807, 2.05) is 0 Å². The summed E-state index contributed by atoms with van der Waals surface area (Å²) in [6.07, 6.45) is 2.31. The van der Waals surface area contributed by atoms with Crippen LogP contribution in [-0.2, 0) is 14.8 Å². The highest BCUT2D eigenvalue weighted by atomic mass is 32.2. The van der Waals surface area contributed by atoms with Crippen molar-refractivity contribution in [1.82, 2.24) is 9.62 Å². The summed E-state index contributed by atoms with van der Waals surface area (Å²) in [6.45, 7) is 1.46. The molecule has 0 aromatic carbocycles. The van der Waals surface area contributed by atoms with Crippen LogP contribution in [0.4, 0.5) is 0 Å². The number of sulfonamides is 1. The molecule has 9 heteroatoms. The second-order valence-electron chi connectivity index (χ2n) is 5.87. The number of hydrogen-bond donors (Lipinski definition) is 2. The van der Waals surface area contributed by atoms with Crippen molar-refractivity contribution in [3.63, 3.8) is 0 Å². The van der Waals surface area contributed by atoms with Crippen molar-refractivity contribution >= 4 is 21.9 Å². The maximum absolute atomic E-state index is 12.2. The number of carbonyl (C=O) groups excluding carboxylic acids is 1. The van der Waals surface area contributed by atoms with E-state index in [9.17, 15) is 23.1 Å². The van der Waals surface area contributed by atoms with Crippen LogP contribution < -0.4 is 5.32 Å². The summed E-state index contributed by atoms with van der Waals surface area (Å²) in [4.78, 5) is 23.5. The Labute approximate surface area is 134 Å². The second-order valence-corrected chi connectivity index (χ2v) is 7.95. The van der Waals surface area contributed by atoms with Crippen LogP contribution >= 0.6 is 0 Å². The van der Waals surface area contributed by atoms with E-state index < -0.39 is 27.9 Å². The Balaban J connectivity index is 2.19. The molecule has 1 aliphatic carbocycles. The summed E-state index contributed by atoms with van der Waals surface area (Å²) < 4.78 is 30.2. The molecule has 1 unspecified atom stereocenters. The monoisotopic (exact) mass is 344 g/mol. The molecule has 0 radical (unpaired) electrons. The molecule has 128 valence electrons. The lowest BCUT2D eigenvalue weighted by Gasteiger charge is -2.13. The number of carbonyl (C=O) groups is 2. The number of hydrogen-bond acceptors (Lipinski definition) is 5. The number of nitrogens with zero attached hydrogens (tertiary/aromatic N) is 1. The molecule has 1 atom stereocenters. The minimum absolute atomic E-state index is 0.0208. The Kier molecular flexibility index (Phi) is 4.81. The molecule has 0 spiro atoms. The van der Waals surface area contributed by atoms with Gasteiger partial charge in [0.1, 0.15) is 11.8 Å². The average Bonchev–Trinajstić information content (AvgIpc) is 3.17. The van der Waals surface area contributed by atoms with E-state index in [2.05, 4.69) is 5.32 Å². The van der Waals surface area contributed by atoms with Gasteiger partial charge >= 0.3 is 5.97 Å². The van der Waals surface area contributed by atoms with Gasteiger partial charge in [-0.3, -0.25) is 4.79 Å². The highest BCUT2D eigenvalue weighted by molar-refractivity contribution is 7.88. The number of aryl methyl sites for hydroxylation is 1. The fourth-order valence-corrected chi connectivity index (χ4v) is 2.99. The normalized spacial score (nSPS) is 16.3. The van der Waals surface area contributed by atoms with Crippen LogP contribution in [0.3, 0.4) is 0 Å². The number of aliphatic carboxylic acids is 1. The van der Waals surface area contributed by atoms with E-state index in [4.69, 9.17) is 4.42 Å². The molecule has 2 rings (SSSR count). The lowest BCUT2D eigenvalue weighted by Crippen LogP contribution is -2.41. The largest absolute Gasteiger partial charge is 0.480 e. The van der Waals surface area contributed by atoms with Crippen LogP contribution in [0.25, 0.3) is 0 Å². The van der Waals surface area contributed by atoms with Crippen molar-refractivity contribution in [3.8, 4) is 0 Å². The molecule has 1 saturated carbocycles. The van der Waals surface area contributed by atoms with Crippen LogP contribution in [0.15, 0.2) is 15.6 Å². The van der Waals surface area contributed by atoms with Crippen LogP contribution in [0.1, 0.15) is 35.4 Å². The summed E-state index contributed by atoms with van der Waals surface area (Å²) in [5, 5.41) is 11.3. The van der Waals surface area contributed by atoms with Crippen LogP contribution in [0.5, 0.6) is 0 Å². The number of rotatable bonds is 7. The Morgan fingerprint density at radius 1 is 1.43 bits per heavy atom. The van der Waals surface area contributed by atoms with Gasteiger partial charge in [0, 0.05) is 20.2 Å². The predicted molar refractivity (Wildman–Crippen MR) is 80.5 cm³/mol. The van der Waals surface area contributed by atoms with Crippen molar-refractivity contribution < 1.29 is 27.5 Å². The lowest BCUT2D eigenvalue weighted by atomic mass is 10.1. The average molecular weight is 344 g/mol. The summed E-state index contributed by atoms with van der Waals surface area (Å²) in [5.74, 6) is -1.31. The SMILES string of the molecule is Cc1oc(S(=O)(=O)N(C)C)cc1C(=O)NC(CC1CC1)C(=O)O. The molecule has 0 aliphatic heterocycles. The standard InChI is InChI=1S/C14H20N2O6S/c1-8-10(7-12(22-8)23(20,21)16(2)3)13(17)15-11(14(18)19)6-9-4-5-9/h7,9,11H,4-6H2,1-3H3,(H,15,17)(H,18,19). The van der Waals surface area contributed by atoms with E-state index in [1.165, 1.54) is 21.0 Å². The molecule has 2 N–H and O–H groups in total. The van der Waals surface area contributed by atoms with Crippen molar-refractivity contribution in [2.45, 2.75) is 37.3 Å². The molecule has 23 heavy (non-hydrogen) atoms. The fraction of sp³-hybridized carbons (Fsp3) is 0.571. The second kappa shape index (κ2) is 6.32. The molecule has 1 aromatic rings. The number of furan rings is 1. The molecule has 8 nitrogen and oxygen atoms in total. The van der Waals surface area contributed by atoms with Crippen molar-refractivity contribution in [2.75, 3.05) is 14.1 Å². The summed E-state index contributed by atoms with van der Waals surface area (Å²) in [7, 11) is -1.10. The predicted octanol–water partition coefficient (Wildman–Crippen LogP) is 0.821. The number of carboxylic acids is 1. The topological polar surface area (TPSA) is 117 Å². The quantitative estimate of drug-likeness (QED) is 0.756. The molecule has 1 aliphatic rings. The van der Waals surface area contributed by atoms with Gasteiger partial charge in [-0.2, -0.15) is 0 Å². The Hall–Kier alpha value is -1.87. The van der Waals surface area contributed by atoms with E-state index in [0.29, 0.717) is 12.3 Å². The third-order valence-corrected chi connectivity index (χ3v) is 5.42. The zero-order chi connectivity index (χ0) is 17.4. The van der Waals surface area contributed by atoms with Crippen molar-refractivity contribution in [2.24, 2.45) is 5.92 Å². The van der Waals surface area contributed by atoms with Gasteiger partial charge in [-0.05, 0) is 19.3 Å². The van der Waals surface area contributed by atoms with Gasteiger partial charge < -0.3 is 14.8 Å². The highest BCUT2D eigenvalue weighted by Gasteiger charge is 2.32. The van der Waals surface area contributed by atoms with Crippen molar-refractivity contribution in [3.05, 3.63) is 17.4 Å². The first-order chi connectivity index (χ1) is 10.6. The molecule has 0 bridgehead atoms. The van der Waals surface area contributed by atoms with Gasteiger partial charge in [0.05, 0.1) is 5.56 Å². The third-order valence-electron chi connectivity index (χ3n) is 3.74. The van der Waals surface area contributed by atoms with Gasteiger partial charge in [0.2, 0.25) is 5.09 Å². The summed E-state index contributed by atoms with van der Waals surface area (Å²) in [5.41, 5.74) is 0.0208. The van der Waals surface area contributed by atoms with Gasteiger partial charge in [-0.15, -0.1) is 0 Å². The molecular weight excluding hydrogens is 324 g/mol. The highest BCUT2D eigenvalue weighted by Crippen LogP contribution is 2.33. The molecule has 1 amide bonds.